The Morgan fingerprint density at radius 1 is 1.00 bits per heavy atom. The maximum Gasteiger partial charge on any atom is 0.238 e. The summed E-state index contributed by atoms with van der Waals surface area (Å²) >= 11 is 0. The molecule has 0 amide bonds. The zero-order chi connectivity index (χ0) is 14.6. The summed E-state index contributed by atoms with van der Waals surface area (Å²) in [4.78, 5) is 0.112. The molecule has 0 aliphatic rings. The summed E-state index contributed by atoms with van der Waals surface area (Å²) in [6.45, 7) is 1.16. The van der Waals surface area contributed by atoms with Gasteiger partial charge in [0.25, 0.3) is 0 Å². The van der Waals surface area contributed by atoms with Gasteiger partial charge in [-0.15, -0.1) is 0 Å². The van der Waals surface area contributed by atoms with Crippen molar-refractivity contribution >= 4 is 10.0 Å². The average Bonchev–Trinajstić information content (AvgIpc) is 2.40. The van der Waals surface area contributed by atoms with Gasteiger partial charge in [0.15, 0.2) is 0 Å². The van der Waals surface area contributed by atoms with Gasteiger partial charge in [0, 0.05) is 13.1 Å². The minimum atomic E-state index is -3.66. The Labute approximate surface area is 118 Å². The van der Waals surface area contributed by atoms with Crippen LogP contribution in [0, 0.1) is 0 Å². The molecule has 2 aromatic rings. The second-order valence-electron chi connectivity index (χ2n) is 4.46. The van der Waals surface area contributed by atoms with Gasteiger partial charge in [-0.2, -0.15) is 0 Å². The summed E-state index contributed by atoms with van der Waals surface area (Å²) < 4.78 is 22.5. The Bertz CT molecular complexity index is 682. The predicted molar refractivity (Wildman–Crippen MR) is 76.5 cm³/mol. The number of aromatic hydroxyl groups is 1. The van der Waals surface area contributed by atoms with Crippen molar-refractivity contribution in [2.45, 2.75) is 18.0 Å². The van der Waals surface area contributed by atoms with Crippen LogP contribution >= 0.6 is 0 Å². The van der Waals surface area contributed by atoms with E-state index in [-0.39, 0.29) is 10.6 Å². The Morgan fingerprint density at radius 2 is 1.65 bits per heavy atom. The normalized spacial score (nSPS) is 11.4. The molecule has 0 aliphatic carbocycles. The van der Waals surface area contributed by atoms with Crippen molar-refractivity contribution in [2.24, 2.45) is 5.14 Å². The number of hydrogen-bond donors (Lipinski definition) is 3. The molecule has 0 fully saturated rings. The van der Waals surface area contributed by atoms with E-state index in [4.69, 9.17) is 5.14 Å². The minimum Gasteiger partial charge on any atom is -0.508 e. The van der Waals surface area contributed by atoms with Crippen LogP contribution in [0.2, 0.25) is 0 Å². The Balaban J connectivity index is 1.96. The summed E-state index contributed by atoms with van der Waals surface area (Å²) in [6.07, 6.45) is 0. The Hall–Kier alpha value is -1.89. The van der Waals surface area contributed by atoms with Gasteiger partial charge >= 0.3 is 0 Å². The number of rotatable bonds is 5. The fourth-order valence-corrected chi connectivity index (χ4v) is 2.38. The van der Waals surface area contributed by atoms with Gasteiger partial charge < -0.3 is 10.4 Å². The number of nitrogens with two attached hydrogens (primary N) is 1. The van der Waals surface area contributed by atoms with Crippen molar-refractivity contribution in [2.75, 3.05) is 0 Å². The maximum atomic E-state index is 11.2. The summed E-state index contributed by atoms with van der Waals surface area (Å²) in [7, 11) is -3.66. The lowest BCUT2D eigenvalue weighted by atomic mass is 10.2. The first-order valence-electron chi connectivity index (χ1n) is 6.05. The molecule has 0 unspecified atom stereocenters. The molecule has 0 saturated heterocycles. The molecule has 0 aliphatic heterocycles. The standard InChI is InChI=1S/C14H16N2O3S/c15-20(18,19)14-3-1-2-12(8-14)10-16-9-11-4-6-13(17)7-5-11/h1-8,16-17H,9-10H2,(H2,15,18,19). The molecule has 5 nitrogen and oxygen atoms in total. The largest absolute Gasteiger partial charge is 0.508 e. The van der Waals surface area contributed by atoms with Crippen molar-refractivity contribution in [1.29, 1.82) is 0 Å². The van der Waals surface area contributed by atoms with Gasteiger partial charge in [0.1, 0.15) is 5.75 Å². The lowest BCUT2D eigenvalue weighted by molar-refractivity contribution is 0.475. The van der Waals surface area contributed by atoms with E-state index in [1.807, 2.05) is 18.2 Å². The number of hydrogen-bond acceptors (Lipinski definition) is 4. The lowest BCUT2D eigenvalue weighted by Gasteiger charge is -2.06. The highest BCUT2D eigenvalue weighted by Crippen LogP contribution is 2.11. The molecule has 2 aromatic carbocycles. The molecular formula is C14H16N2O3S. The first-order valence-corrected chi connectivity index (χ1v) is 7.60. The van der Waals surface area contributed by atoms with E-state index in [9.17, 15) is 13.5 Å². The van der Waals surface area contributed by atoms with E-state index in [1.165, 1.54) is 6.07 Å². The molecule has 0 aromatic heterocycles. The van der Waals surface area contributed by atoms with Crippen molar-refractivity contribution in [1.82, 2.24) is 5.32 Å². The third kappa shape index (κ3) is 4.06. The molecule has 0 bridgehead atoms. The highest BCUT2D eigenvalue weighted by atomic mass is 32.2. The van der Waals surface area contributed by atoms with Crippen LogP contribution in [0.25, 0.3) is 0 Å². The SMILES string of the molecule is NS(=O)(=O)c1cccc(CNCc2ccc(O)cc2)c1. The third-order valence-electron chi connectivity index (χ3n) is 2.82. The number of phenolic OH excluding ortho intramolecular Hbond substituents is 1. The lowest BCUT2D eigenvalue weighted by Crippen LogP contribution is -2.15. The van der Waals surface area contributed by atoms with E-state index in [2.05, 4.69) is 5.32 Å². The molecule has 0 radical (unpaired) electrons. The van der Waals surface area contributed by atoms with Gasteiger partial charge in [-0.3, -0.25) is 0 Å². The van der Waals surface area contributed by atoms with E-state index >= 15 is 0 Å². The number of benzene rings is 2. The fraction of sp³-hybridized carbons (Fsp3) is 0.143. The van der Waals surface area contributed by atoms with Crippen molar-refractivity contribution in [3.8, 4) is 5.75 Å². The topological polar surface area (TPSA) is 92.4 Å². The summed E-state index contributed by atoms with van der Waals surface area (Å²) in [5.41, 5.74) is 1.88. The second kappa shape index (κ2) is 6.04. The van der Waals surface area contributed by atoms with Crippen LogP contribution in [0.3, 0.4) is 0 Å². The first-order chi connectivity index (χ1) is 9.45. The van der Waals surface area contributed by atoms with Crippen LogP contribution < -0.4 is 10.5 Å². The molecule has 0 saturated carbocycles. The second-order valence-corrected chi connectivity index (χ2v) is 6.02. The monoisotopic (exact) mass is 292 g/mol. The van der Waals surface area contributed by atoms with Crippen LogP contribution in [0.4, 0.5) is 0 Å². The summed E-state index contributed by atoms with van der Waals surface area (Å²) in [6, 6.07) is 13.4. The zero-order valence-electron chi connectivity index (χ0n) is 10.8. The van der Waals surface area contributed by atoms with Gasteiger partial charge in [0.05, 0.1) is 4.90 Å². The summed E-state index contributed by atoms with van der Waals surface area (Å²) in [5, 5.41) is 17.5. The van der Waals surface area contributed by atoms with E-state index in [0.29, 0.717) is 13.1 Å². The quantitative estimate of drug-likeness (QED) is 0.775. The van der Waals surface area contributed by atoms with Gasteiger partial charge in [-0.05, 0) is 35.4 Å². The first kappa shape index (κ1) is 14.5. The Morgan fingerprint density at radius 3 is 2.30 bits per heavy atom. The van der Waals surface area contributed by atoms with Crippen LogP contribution in [0.5, 0.6) is 5.75 Å². The number of phenols is 1. The third-order valence-corrected chi connectivity index (χ3v) is 3.73. The smallest absolute Gasteiger partial charge is 0.238 e. The molecule has 4 N–H and O–H groups in total. The fourth-order valence-electron chi connectivity index (χ4n) is 1.80. The molecular weight excluding hydrogens is 276 g/mol. The van der Waals surface area contributed by atoms with Crippen LogP contribution in [0.15, 0.2) is 53.4 Å². The van der Waals surface area contributed by atoms with Crippen LogP contribution in [-0.4, -0.2) is 13.5 Å². The van der Waals surface area contributed by atoms with Crippen LogP contribution in [-0.2, 0) is 23.1 Å². The Kier molecular flexibility index (Phi) is 4.39. The van der Waals surface area contributed by atoms with Gasteiger partial charge in [-0.25, -0.2) is 13.6 Å². The van der Waals surface area contributed by atoms with Gasteiger partial charge in [-0.1, -0.05) is 24.3 Å². The molecule has 0 spiro atoms. The molecule has 6 heteroatoms. The number of sulfonamides is 1. The van der Waals surface area contributed by atoms with Crippen molar-refractivity contribution in [3.63, 3.8) is 0 Å². The average molecular weight is 292 g/mol. The number of primary sulfonamides is 1. The molecule has 106 valence electrons. The predicted octanol–water partition coefficient (Wildman–Crippen LogP) is 1.33. The molecule has 20 heavy (non-hydrogen) atoms. The molecule has 0 atom stereocenters. The highest BCUT2D eigenvalue weighted by molar-refractivity contribution is 7.89. The van der Waals surface area contributed by atoms with Crippen LogP contribution in [0.1, 0.15) is 11.1 Å². The highest BCUT2D eigenvalue weighted by Gasteiger charge is 2.07. The zero-order valence-corrected chi connectivity index (χ0v) is 11.6. The minimum absolute atomic E-state index is 0.112. The van der Waals surface area contributed by atoms with E-state index < -0.39 is 10.0 Å². The van der Waals surface area contributed by atoms with Gasteiger partial charge in [0.2, 0.25) is 10.0 Å². The maximum absolute atomic E-state index is 11.2. The van der Waals surface area contributed by atoms with E-state index in [0.717, 1.165) is 11.1 Å². The molecule has 2 rings (SSSR count). The summed E-state index contributed by atoms with van der Waals surface area (Å²) in [5.74, 6) is 0.231. The van der Waals surface area contributed by atoms with E-state index in [1.54, 1.807) is 24.3 Å². The van der Waals surface area contributed by atoms with Crippen molar-refractivity contribution < 1.29 is 13.5 Å². The number of nitrogens with one attached hydrogen (secondary N) is 1. The molecule has 0 heterocycles. The van der Waals surface area contributed by atoms with Crippen molar-refractivity contribution in [3.05, 3.63) is 59.7 Å².